The summed E-state index contributed by atoms with van der Waals surface area (Å²) in [7, 11) is 0. The molecule has 14 nitrogen and oxygen atoms in total. The van der Waals surface area contributed by atoms with Crippen LogP contribution >= 0.6 is 12.2 Å². The second-order valence-electron chi connectivity index (χ2n) is 9.29. The molecule has 3 N–H and O–H groups in total. The van der Waals surface area contributed by atoms with Gasteiger partial charge < -0.3 is 50.7 Å². The van der Waals surface area contributed by atoms with Crippen LogP contribution in [0.15, 0.2) is 24.3 Å². The van der Waals surface area contributed by atoms with Crippen LogP contribution in [0.4, 0.5) is 5.69 Å². The quantitative estimate of drug-likeness (QED) is 0.164. The van der Waals surface area contributed by atoms with Crippen molar-refractivity contribution in [1.82, 2.24) is 19.6 Å². The molecule has 1 unspecified atom stereocenters. The van der Waals surface area contributed by atoms with Gasteiger partial charge in [-0.25, -0.2) is 0 Å². The SMILES string of the molecule is NC(=S)Nc1ccc(CC2CN(CC(=O)[O-])CCN(CC(=O)[O-])CCN(CC(=O)[O-])CCN2CC(=O)[O-])cc1.[117Sn+4]. The molecular weight excluding hydrogens is 649 g/mol. The molecule has 1 heterocycles. The number of carboxylic acid groups (broad SMARTS) is 4. The number of thiocarbonyl (C=S) groups is 1. The summed E-state index contributed by atoms with van der Waals surface area (Å²) in [5.41, 5.74) is 6.96. The van der Waals surface area contributed by atoms with Crippen LogP contribution in [0, 0.1) is 0 Å². The third kappa shape index (κ3) is 14.2. The van der Waals surface area contributed by atoms with Crippen molar-refractivity contribution in [3.05, 3.63) is 29.8 Å². The van der Waals surface area contributed by atoms with Crippen LogP contribution in [0.1, 0.15) is 5.56 Å². The minimum atomic E-state index is -1.35. The van der Waals surface area contributed by atoms with Crippen LogP contribution in [0.3, 0.4) is 0 Å². The predicted octanol–water partition coefficient (Wildman–Crippen LogP) is -6.91. The number of carbonyl (C=O) groups is 4. The van der Waals surface area contributed by atoms with Crippen molar-refractivity contribution >= 4 is 70.8 Å². The molecule has 1 aromatic rings. The first-order valence-corrected chi connectivity index (χ1v) is 12.7. The first-order valence-electron chi connectivity index (χ1n) is 12.3. The fraction of sp³-hybridized carbons (Fsp3) is 0.542. The maximum atomic E-state index is 11.7. The van der Waals surface area contributed by atoms with Gasteiger partial charge >= 0.3 is 23.9 Å². The van der Waals surface area contributed by atoms with E-state index in [-0.39, 0.29) is 74.8 Å². The maximum absolute atomic E-state index is 11.7. The summed E-state index contributed by atoms with van der Waals surface area (Å²) in [6.07, 6.45) is 0.313. The van der Waals surface area contributed by atoms with Crippen LogP contribution in [0.2, 0.25) is 0 Å². The second-order valence-corrected chi connectivity index (χ2v) is 9.73. The monoisotopic (exact) mass is 681 g/mol. The van der Waals surface area contributed by atoms with Crippen LogP contribution in [0.5, 0.6) is 0 Å². The van der Waals surface area contributed by atoms with Gasteiger partial charge in [0.15, 0.2) is 5.11 Å². The maximum Gasteiger partial charge on any atom is 4.00 e. The van der Waals surface area contributed by atoms with Gasteiger partial charge in [-0.15, -0.1) is 0 Å². The normalized spacial score (nSPS) is 18.4. The summed E-state index contributed by atoms with van der Waals surface area (Å²) in [6, 6.07) is 6.54. The molecule has 0 spiro atoms. The molecule has 0 aliphatic carbocycles. The number of nitrogens with one attached hydrogen (secondary N) is 1. The van der Waals surface area contributed by atoms with Gasteiger partial charge in [-0.3, -0.25) is 19.6 Å². The van der Waals surface area contributed by atoms with Crippen molar-refractivity contribution in [2.75, 3.05) is 77.3 Å². The Morgan fingerprint density at radius 1 is 0.750 bits per heavy atom. The van der Waals surface area contributed by atoms with E-state index in [1.807, 2.05) is 0 Å². The molecule has 1 aliphatic heterocycles. The summed E-state index contributed by atoms with van der Waals surface area (Å²) in [6.45, 7) is -0.832. The average molecular weight is 682 g/mol. The van der Waals surface area contributed by atoms with E-state index in [9.17, 15) is 39.6 Å². The van der Waals surface area contributed by atoms with Gasteiger partial charge in [0.1, 0.15) is 0 Å². The Kier molecular flexibility index (Phi) is 15.9. The van der Waals surface area contributed by atoms with Crippen LogP contribution < -0.4 is 31.5 Å². The van der Waals surface area contributed by atoms with Gasteiger partial charge in [0.25, 0.3) is 0 Å². The molecule has 16 heteroatoms. The molecule has 0 radical (unpaired) electrons. The van der Waals surface area contributed by atoms with Gasteiger partial charge in [0.2, 0.25) is 0 Å². The summed E-state index contributed by atoms with van der Waals surface area (Å²) < 4.78 is 0. The largest absolute Gasteiger partial charge is 4.00 e. The molecule has 1 atom stereocenters. The molecule has 0 aromatic heterocycles. The van der Waals surface area contributed by atoms with Crippen molar-refractivity contribution in [2.45, 2.75) is 12.5 Å². The Bertz CT molecular complexity index is 1020. The van der Waals surface area contributed by atoms with Crippen molar-refractivity contribution in [2.24, 2.45) is 5.73 Å². The number of hydrogen-bond acceptors (Lipinski definition) is 13. The second kappa shape index (κ2) is 18.0. The molecular formula is C24H32N6O8SSn. The number of aliphatic carboxylic acids is 4. The Morgan fingerprint density at radius 3 is 1.62 bits per heavy atom. The first kappa shape index (κ1) is 35.5. The Balaban J connectivity index is 0.00000800. The number of hydrogen-bond donors (Lipinski definition) is 2. The van der Waals surface area contributed by atoms with Gasteiger partial charge in [-0.1, -0.05) is 12.1 Å². The summed E-state index contributed by atoms with van der Waals surface area (Å²) >= 11 is 4.84. The van der Waals surface area contributed by atoms with E-state index in [0.717, 1.165) is 5.56 Å². The number of benzene rings is 1. The van der Waals surface area contributed by atoms with Crippen molar-refractivity contribution in [3.63, 3.8) is 0 Å². The van der Waals surface area contributed by atoms with E-state index < -0.39 is 56.1 Å². The Hall–Kier alpha value is -2.57. The van der Waals surface area contributed by atoms with Crippen LogP contribution in [-0.4, -0.2) is 151 Å². The number of nitrogens with zero attached hydrogens (tertiary/aromatic N) is 4. The third-order valence-electron chi connectivity index (χ3n) is 6.24. The number of carboxylic acids is 4. The number of rotatable bonds is 11. The third-order valence-corrected chi connectivity index (χ3v) is 6.34. The minimum Gasteiger partial charge on any atom is -0.549 e. The molecule has 0 amide bonds. The van der Waals surface area contributed by atoms with Gasteiger partial charge in [-0.2, -0.15) is 0 Å². The molecule has 1 aromatic carbocycles. The molecule has 1 saturated heterocycles. The van der Waals surface area contributed by atoms with Crippen molar-refractivity contribution < 1.29 is 39.6 Å². The molecule has 1 fully saturated rings. The minimum absolute atomic E-state index is 0. The zero-order valence-corrected chi connectivity index (χ0v) is 25.6. The Labute approximate surface area is 254 Å². The number of nitrogens with two attached hydrogens (primary N) is 1. The zero-order valence-electron chi connectivity index (χ0n) is 21.9. The van der Waals surface area contributed by atoms with E-state index >= 15 is 0 Å². The molecule has 216 valence electrons. The van der Waals surface area contributed by atoms with E-state index in [2.05, 4.69) is 5.32 Å². The molecule has 0 bridgehead atoms. The Morgan fingerprint density at radius 2 is 1.18 bits per heavy atom. The summed E-state index contributed by atoms with van der Waals surface area (Å²) in [5, 5.41) is 48.7. The average Bonchev–Trinajstić information content (AvgIpc) is 2.81. The van der Waals surface area contributed by atoms with Gasteiger partial charge in [0, 0.05) is 83.7 Å². The van der Waals surface area contributed by atoms with Gasteiger partial charge in [-0.05, 0) is 36.3 Å². The predicted molar refractivity (Wildman–Crippen MR) is 141 cm³/mol. The first-order chi connectivity index (χ1) is 18.4. The topological polar surface area (TPSA) is 212 Å². The van der Waals surface area contributed by atoms with Crippen LogP contribution in [0.25, 0.3) is 0 Å². The zero-order chi connectivity index (χ0) is 28.9. The molecule has 2 rings (SSSR count). The molecule has 0 saturated carbocycles. The summed E-state index contributed by atoms with van der Waals surface area (Å²) in [5.74, 6) is -5.35. The number of anilines is 1. The van der Waals surface area contributed by atoms with E-state index in [4.69, 9.17) is 18.0 Å². The fourth-order valence-corrected chi connectivity index (χ4v) is 4.58. The molecule has 40 heavy (non-hydrogen) atoms. The summed E-state index contributed by atoms with van der Waals surface area (Å²) in [4.78, 5) is 52.0. The smallest absolute Gasteiger partial charge is 0.549 e. The van der Waals surface area contributed by atoms with E-state index in [0.29, 0.717) is 12.1 Å². The van der Waals surface area contributed by atoms with Crippen molar-refractivity contribution in [3.8, 4) is 0 Å². The molecule has 1 aliphatic rings. The fourth-order valence-electron chi connectivity index (χ4n) is 4.46. The van der Waals surface area contributed by atoms with Crippen LogP contribution in [-0.2, 0) is 25.6 Å². The van der Waals surface area contributed by atoms with E-state index in [1.54, 1.807) is 34.1 Å². The van der Waals surface area contributed by atoms with E-state index in [1.165, 1.54) is 9.80 Å². The van der Waals surface area contributed by atoms with Gasteiger partial charge in [0.05, 0.1) is 23.9 Å². The van der Waals surface area contributed by atoms with Crippen molar-refractivity contribution in [1.29, 1.82) is 0 Å². The number of carbonyl (C=O) groups excluding carboxylic acids is 4. The standard InChI is InChI=1S/C24H36N6O8S.Sn/c25-24(39)26-18-3-1-17(2-4-18)11-19-12-29(15-22(35)36)8-7-27(13-20(31)32)5-6-28(14-21(33)34)9-10-30(19)16-23(37)38;/h1-4,19H,5-16H2,(H,31,32)(H,33,34)(H,35,36)(H,37,38)(H3,25,26,39);/q;+4/p-4/i;1-2.